The summed E-state index contributed by atoms with van der Waals surface area (Å²) >= 11 is 0. The summed E-state index contributed by atoms with van der Waals surface area (Å²) in [5, 5.41) is 30.1. The van der Waals surface area contributed by atoms with Crippen LogP contribution in [0.5, 0.6) is 0 Å². The third-order valence-corrected chi connectivity index (χ3v) is 21.6. The van der Waals surface area contributed by atoms with E-state index in [9.17, 15) is 53.2 Å². The summed E-state index contributed by atoms with van der Waals surface area (Å²) in [5.41, 5.74) is 36.7. The van der Waals surface area contributed by atoms with E-state index in [2.05, 4.69) is 10.3 Å². The van der Waals surface area contributed by atoms with E-state index in [4.69, 9.17) is 68.5 Å². The molecule has 0 spiro atoms. The molecule has 2 fully saturated rings. The van der Waals surface area contributed by atoms with Crippen molar-refractivity contribution in [3.63, 3.8) is 0 Å². The number of aliphatic imine (C=N–C) groups is 3. The van der Waals surface area contributed by atoms with Crippen LogP contribution in [0.1, 0.15) is 150 Å². The maximum atomic E-state index is 14.4. The molecule has 11 unspecified atom stereocenters. The standard InChI is InChI=1S/C62H90N13O14P.Co.H2O/c1-29-20-39-40(21-30(29)2)75(28-70-39)57-52(84)53(41(27-76)87-57)89-90(85,86)88-31(3)26-69-49(83)18-19-59(8)37(22-46(66)80)56-62(11)61(10,25-48(68)82)36(14-17-45(65)79)51(74-62)33(5)55-60(9,24-47(67)81)34(12-15-43(63)77)38(71-55)23-42-58(6,7)35(13-16-44(64)78)50(72-42)32(4)54(59)73-56;;/h20-21,23,28,31,34-37,41,52-53,56-57,76,84H,12-19,22,24-27H2,1-11H3,(H15,63,64,65,66,67,68,69,71,72,73,74,77,78,79,80,81,82,83,85,86);;1H2/q;+2;/p-2/t31?,34?,35?,36?,37?,41?,52?,53?,56?,57?,59-,60+,61+,62+;;/m1../s1. The molecule has 15 atom stereocenters. The van der Waals surface area contributed by atoms with Crippen LogP contribution in [-0.4, -0.2) is 133 Å². The van der Waals surface area contributed by atoms with E-state index in [1.165, 1.54) is 17.8 Å². The molecule has 1 radical (unpaired) electrons. The summed E-state index contributed by atoms with van der Waals surface area (Å²) in [5.74, 6) is -7.40. The molecule has 2 saturated heterocycles. The van der Waals surface area contributed by atoms with Crippen molar-refractivity contribution in [1.82, 2.24) is 14.9 Å². The number of aliphatic hydroxyl groups is 2. The molecule has 6 aliphatic rings. The normalized spacial score (nSPS) is 31.3. The molecule has 17 N–H and O–H groups in total. The number of aryl methyl sites for hydroxylation is 2. The number of aromatic nitrogens is 2. The predicted molar refractivity (Wildman–Crippen MR) is 335 cm³/mol. The Morgan fingerprint density at radius 3 is 1.96 bits per heavy atom. The molecule has 507 valence electrons. The van der Waals surface area contributed by atoms with Crippen LogP contribution in [-0.2, 0) is 68.7 Å². The maximum absolute atomic E-state index is 14.4. The Kier molecular flexibility index (Phi) is 22.5. The molecule has 92 heavy (non-hydrogen) atoms. The molecule has 6 aliphatic heterocycles. The number of carbonyl (C=O) groups is 7. The van der Waals surface area contributed by atoms with Gasteiger partial charge in [-0.1, -0.05) is 40.7 Å². The van der Waals surface area contributed by atoms with Gasteiger partial charge in [0.15, 0.2) is 6.23 Å². The van der Waals surface area contributed by atoms with Crippen LogP contribution in [0.4, 0.5) is 0 Å². The Morgan fingerprint density at radius 1 is 0.793 bits per heavy atom. The van der Waals surface area contributed by atoms with E-state index >= 15 is 0 Å². The number of benzene rings is 1. The largest absolute Gasteiger partial charge is 2.00 e. The third-order valence-electron chi connectivity index (χ3n) is 20.5. The first kappa shape index (κ1) is 74.5. The number of amides is 7. The predicted octanol–water partition coefficient (Wildman–Crippen LogP) is 2.49. The van der Waals surface area contributed by atoms with Gasteiger partial charge in [-0.25, -0.2) is 4.98 Å². The molecule has 1 aromatic carbocycles. The Bertz CT molecular complexity index is 3550. The van der Waals surface area contributed by atoms with Crippen LogP contribution >= 0.6 is 7.82 Å². The summed E-state index contributed by atoms with van der Waals surface area (Å²) in [6, 6.07) is 2.65. The number of imidazole rings is 1. The second-order valence-corrected chi connectivity index (χ2v) is 28.3. The number of ether oxygens (including phenoxy) is 1. The molecule has 8 rings (SSSR count). The fourth-order valence-electron chi connectivity index (χ4n) is 15.3. The zero-order chi connectivity index (χ0) is 66.7. The van der Waals surface area contributed by atoms with Gasteiger partial charge in [-0.05, 0) is 119 Å². The van der Waals surface area contributed by atoms with E-state index in [1.807, 2.05) is 80.5 Å². The first-order chi connectivity index (χ1) is 41.8. The van der Waals surface area contributed by atoms with Crippen LogP contribution in [0.3, 0.4) is 0 Å². The summed E-state index contributed by atoms with van der Waals surface area (Å²) in [6.45, 7) is 19.0. The molecular formula is C62H90CoN13O15P. The second-order valence-electron chi connectivity index (χ2n) is 27.0. The van der Waals surface area contributed by atoms with Gasteiger partial charge >= 0.3 is 16.8 Å². The maximum Gasteiger partial charge on any atom is 2.00 e. The van der Waals surface area contributed by atoms with E-state index in [1.54, 1.807) is 6.92 Å². The topological polar surface area (TPSA) is 496 Å². The number of rotatable bonds is 26. The van der Waals surface area contributed by atoms with E-state index < -0.39 is 143 Å². The van der Waals surface area contributed by atoms with Crippen molar-refractivity contribution in [1.29, 1.82) is 0 Å². The van der Waals surface area contributed by atoms with Gasteiger partial charge in [-0.3, -0.25) is 53.1 Å². The van der Waals surface area contributed by atoms with Crippen molar-refractivity contribution in [3.05, 3.63) is 69.2 Å². The molecular weight excluding hydrogens is 1260 g/mol. The second kappa shape index (κ2) is 27.8. The van der Waals surface area contributed by atoms with E-state index in [-0.39, 0.29) is 99.4 Å². The smallest absolute Gasteiger partial charge is 0.756 e. The number of nitrogens with two attached hydrogens (primary N) is 6. The van der Waals surface area contributed by atoms with E-state index in [0.29, 0.717) is 56.4 Å². The average molecular weight is 1350 g/mol. The monoisotopic (exact) mass is 1350 g/mol. The number of fused-ring (bicyclic) bond motifs is 7. The van der Waals surface area contributed by atoms with Gasteiger partial charge in [0.05, 0.1) is 41.3 Å². The van der Waals surface area contributed by atoms with Gasteiger partial charge in [0, 0.05) is 108 Å². The van der Waals surface area contributed by atoms with Crippen molar-refractivity contribution >= 4 is 77.3 Å². The number of nitrogens with zero attached hydrogens (tertiary/aromatic N) is 6. The first-order valence-electron chi connectivity index (χ1n) is 30.5. The minimum absolute atomic E-state index is 0. The van der Waals surface area contributed by atoms with Gasteiger partial charge in [-0.15, -0.1) is 0 Å². The van der Waals surface area contributed by atoms with Crippen molar-refractivity contribution in [2.24, 2.45) is 94.7 Å². The molecule has 7 amide bonds. The number of hydrogen-bond acceptors (Lipinski definition) is 18. The molecule has 8 bridgehead atoms. The summed E-state index contributed by atoms with van der Waals surface area (Å²) in [7, 11) is -5.32. The Morgan fingerprint density at radius 2 is 1.38 bits per heavy atom. The number of allylic oxidation sites excluding steroid dienone is 6. The Balaban J connectivity index is 0.00000672. The van der Waals surface area contributed by atoms with Crippen molar-refractivity contribution in [3.8, 4) is 0 Å². The minimum Gasteiger partial charge on any atom is -0.756 e. The minimum atomic E-state index is -5.32. The molecule has 30 heteroatoms. The number of hydrogen-bond donors (Lipinski definition) is 9. The number of carbonyl (C=O) groups excluding carboxylic acids is 7. The van der Waals surface area contributed by atoms with Gasteiger partial charge in [0.1, 0.15) is 18.3 Å². The van der Waals surface area contributed by atoms with Crippen molar-refractivity contribution in [2.45, 2.75) is 189 Å². The first-order valence-corrected chi connectivity index (χ1v) is 32.0. The van der Waals surface area contributed by atoms with Crippen LogP contribution < -0.4 is 44.6 Å². The van der Waals surface area contributed by atoms with Crippen LogP contribution in [0, 0.1) is 59.2 Å². The quantitative estimate of drug-likeness (QED) is 0.0611. The molecule has 7 heterocycles. The summed E-state index contributed by atoms with van der Waals surface area (Å²) in [4.78, 5) is 128. The average Bonchev–Trinajstić information content (AvgIpc) is 1.53. The van der Waals surface area contributed by atoms with Gasteiger partial charge in [-0.2, -0.15) is 5.70 Å². The van der Waals surface area contributed by atoms with E-state index in [0.717, 1.165) is 11.1 Å². The fourth-order valence-corrected chi connectivity index (χ4v) is 16.4. The zero-order valence-electron chi connectivity index (χ0n) is 54.0. The van der Waals surface area contributed by atoms with Gasteiger partial charge < -0.3 is 84.0 Å². The van der Waals surface area contributed by atoms with Crippen LogP contribution in [0.25, 0.3) is 16.4 Å². The molecule has 28 nitrogen and oxygen atoms in total. The number of phosphoric ester groups is 1. The van der Waals surface area contributed by atoms with Gasteiger partial charge in [0.2, 0.25) is 41.4 Å². The number of phosphoric acid groups is 1. The fraction of sp³-hybridized carbons (Fsp3) is 0.629. The third kappa shape index (κ3) is 14.1. The van der Waals surface area contributed by atoms with Crippen LogP contribution in [0.2, 0.25) is 0 Å². The molecule has 0 aliphatic carbocycles. The summed E-state index contributed by atoms with van der Waals surface area (Å²) < 4.78 is 31.9. The Hall–Kier alpha value is -6.53. The van der Waals surface area contributed by atoms with Crippen LogP contribution in [0.15, 0.2) is 67.8 Å². The zero-order valence-corrected chi connectivity index (χ0v) is 55.9. The molecule has 2 aromatic rings. The van der Waals surface area contributed by atoms with Gasteiger partial charge in [0.25, 0.3) is 7.82 Å². The molecule has 1 aromatic heterocycles. The SMILES string of the molecule is CC1=C2[N-]C(C(CC(N)=O)[C@@]2(C)CCC(=O)NCC(C)OP(=O)([O-])OC2C(CO)OC(n3cnc4cc(C)c(C)cc43)C2O)[C@]2(C)N=C(C(C)=C3N=C(C=C4N=C1C(CCC(N)=O)C4(C)C)C(CCC(N)=O)[C@]3(C)CC(N)=O)C(CCC(N)=O)[C@]2(C)CC(N)=O.O.[Co+2]. The number of nitrogens with one attached hydrogen (secondary N) is 1. The van der Waals surface area contributed by atoms with Crippen molar-refractivity contribution < 1.29 is 89.3 Å². The summed E-state index contributed by atoms with van der Waals surface area (Å²) in [6.07, 6.45) is -4.79. The van der Waals surface area contributed by atoms with Crippen molar-refractivity contribution in [2.75, 3.05) is 13.2 Å². The number of primary amides is 6. The molecule has 0 saturated carbocycles. The Labute approximate surface area is 545 Å². The number of aliphatic hydroxyl groups excluding tert-OH is 2.